The fraction of sp³-hybridized carbons (Fsp3) is 0.571. The second-order valence-corrected chi connectivity index (χ2v) is 6.06. The third-order valence-electron chi connectivity index (χ3n) is 3.12. The number of nitrogens with zero attached hydrogens (tertiary/aromatic N) is 1. The lowest BCUT2D eigenvalue weighted by Gasteiger charge is -2.28. The molecule has 1 rings (SSSR count). The van der Waals surface area contributed by atoms with Gasteiger partial charge in [0.15, 0.2) is 0 Å². The van der Waals surface area contributed by atoms with Gasteiger partial charge >= 0.3 is 0 Å². The molecule has 0 fully saturated rings. The molecule has 1 N–H and O–H groups in total. The van der Waals surface area contributed by atoms with Crippen molar-refractivity contribution in [1.29, 1.82) is 0 Å². The zero-order valence-electron chi connectivity index (χ0n) is 11.5. The molecule has 0 heterocycles. The molecule has 1 aromatic carbocycles. The average molecular weight is 317 g/mol. The molecular formula is C14H22BrFN2. The third kappa shape index (κ3) is 4.67. The van der Waals surface area contributed by atoms with Gasteiger partial charge in [-0.2, -0.15) is 0 Å². The van der Waals surface area contributed by atoms with Gasteiger partial charge in [-0.1, -0.05) is 35.8 Å². The monoisotopic (exact) mass is 316 g/mol. The largest absolute Gasteiger partial charge is 0.311 e. The predicted octanol–water partition coefficient (Wildman–Crippen LogP) is 3.26. The first-order valence-electron chi connectivity index (χ1n) is 6.23. The number of hydrogen-bond donors (Lipinski definition) is 1. The minimum atomic E-state index is -0.164. The Balaban J connectivity index is 2.50. The molecule has 102 valence electrons. The number of likely N-dealkylation sites (N-methyl/N-ethyl adjacent to an activating group) is 1. The van der Waals surface area contributed by atoms with Gasteiger partial charge in [0.2, 0.25) is 0 Å². The molecule has 0 amide bonds. The van der Waals surface area contributed by atoms with Crippen LogP contribution in [0.15, 0.2) is 22.7 Å². The quantitative estimate of drug-likeness (QED) is 0.866. The Bertz CT molecular complexity index is 372. The molecule has 0 bridgehead atoms. The Hall–Kier alpha value is -0.450. The molecular weight excluding hydrogens is 295 g/mol. The van der Waals surface area contributed by atoms with Crippen LogP contribution in [0.3, 0.4) is 0 Å². The zero-order chi connectivity index (χ0) is 13.7. The molecule has 0 saturated carbocycles. The summed E-state index contributed by atoms with van der Waals surface area (Å²) in [7, 11) is 4.15. The molecule has 1 unspecified atom stereocenters. The Kier molecular flexibility index (Phi) is 6.26. The van der Waals surface area contributed by atoms with Crippen LogP contribution >= 0.6 is 15.9 Å². The summed E-state index contributed by atoms with van der Waals surface area (Å²) in [5.41, 5.74) is 0.708. The summed E-state index contributed by atoms with van der Waals surface area (Å²) in [4.78, 5) is 2.20. The summed E-state index contributed by atoms with van der Waals surface area (Å²) in [5.74, 6) is 0.407. The fourth-order valence-electron chi connectivity index (χ4n) is 2.03. The fourth-order valence-corrected chi connectivity index (χ4v) is 2.37. The maximum absolute atomic E-state index is 13.6. The van der Waals surface area contributed by atoms with Crippen LogP contribution in [0, 0.1) is 11.7 Å². The number of halogens is 2. The summed E-state index contributed by atoms with van der Waals surface area (Å²) in [5, 5.41) is 3.33. The number of hydrogen-bond acceptors (Lipinski definition) is 2. The summed E-state index contributed by atoms with van der Waals surface area (Å²) < 4.78 is 14.4. The third-order valence-corrected chi connectivity index (χ3v) is 3.61. The summed E-state index contributed by atoms with van der Waals surface area (Å²) in [6.07, 6.45) is 0. The van der Waals surface area contributed by atoms with Crippen LogP contribution in [0.2, 0.25) is 0 Å². The highest BCUT2D eigenvalue weighted by atomic mass is 79.9. The van der Waals surface area contributed by atoms with E-state index in [0.29, 0.717) is 24.1 Å². The van der Waals surface area contributed by atoms with Crippen molar-refractivity contribution in [2.75, 3.05) is 20.6 Å². The lowest BCUT2D eigenvalue weighted by Crippen LogP contribution is -2.41. The summed E-state index contributed by atoms with van der Waals surface area (Å²) >= 11 is 3.26. The highest BCUT2D eigenvalue weighted by Gasteiger charge is 2.15. The lowest BCUT2D eigenvalue weighted by molar-refractivity contribution is 0.224. The first kappa shape index (κ1) is 15.6. The van der Waals surface area contributed by atoms with E-state index in [-0.39, 0.29) is 5.82 Å². The van der Waals surface area contributed by atoms with Gasteiger partial charge in [0, 0.05) is 29.2 Å². The van der Waals surface area contributed by atoms with E-state index in [1.54, 1.807) is 0 Å². The van der Waals surface area contributed by atoms with Crippen molar-refractivity contribution in [3.05, 3.63) is 34.1 Å². The number of nitrogens with one attached hydrogen (secondary N) is 1. The number of rotatable bonds is 6. The standard InChI is InChI=1S/C14H22BrFN2/c1-10(2)14(18(3)4)9-17-8-11-5-6-12(15)7-13(11)16/h5-7,10,14,17H,8-9H2,1-4H3. The smallest absolute Gasteiger partial charge is 0.128 e. The van der Waals surface area contributed by atoms with Crippen LogP contribution in [0.1, 0.15) is 19.4 Å². The zero-order valence-corrected chi connectivity index (χ0v) is 13.1. The van der Waals surface area contributed by atoms with Crippen LogP contribution in [-0.2, 0) is 6.54 Å². The van der Waals surface area contributed by atoms with E-state index in [1.165, 1.54) is 6.07 Å². The Morgan fingerprint density at radius 2 is 2.00 bits per heavy atom. The van der Waals surface area contributed by atoms with Crippen molar-refractivity contribution in [2.24, 2.45) is 5.92 Å². The SMILES string of the molecule is CC(C)C(CNCc1ccc(Br)cc1F)N(C)C. The van der Waals surface area contributed by atoms with Crippen molar-refractivity contribution in [2.45, 2.75) is 26.4 Å². The average Bonchev–Trinajstić information content (AvgIpc) is 2.25. The van der Waals surface area contributed by atoms with Gasteiger partial charge in [-0.05, 0) is 32.1 Å². The Morgan fingerprint density at radius 3 is 2.50 bits per heavy atom. The highest BCUT2D eigenvalue weighted by Crippen LogP contribution is 2.15. The Labute approximate surface area is 118 Å². The molecule has 1 aromatic rings. The molecule has 1 atom stereocenters. The van der Waals surface area contributed by atoms with Gasteiger partial charge < -0.3 is 10.2 Å². The van der Waals surface area contributed by atoms with Crippen molar-refractivity contribution in [3.8, 4) is 0 Å². The van der Waals surface area contributed by atoms with E-state index in [4.69, 9.17) is 0 Å². The van der Waals surface area contributed by atoms with Crippen LogP contribution in [0.5, 0.6) is 0 Å². The van der Waals surface area contributed by atoms with Crippen LogP contribution in [-0.4, -0.2) is 31.6 Å². The van der Waals surface area contributed by atoms with E-state index in [2.05, 4.69) is 54.1 Å². The first-order chi connectivity index (χ1) is 8.41. The molecule has 0 aliphatic heterocycles. The minimum Gasteiger partial charge on any atom is -0.311 e. The summed E-state index contributed by atoms with van der Waals surface area (Å²) in [6, 6.07) is 5.64. The molecule has 2 nitrogen and oxygen atoms in total. The van der Waals surface area contributed by atoms with E-state index in [9.17, 15) is 4.39 Å². The van der Waals surface area contributed by atoms with Gasteiger partial charge in [0.05, 0.1) is 0 Å². The van der Waals surface area contributed by atoms with Gasteiger partial charge in [-0.25, -0.2) is 4.39 Å². The van der Waals surface area contributed by atoms with Crippen LogP contribution < -0.4 is 5.32 Å². The molecule has 18 heavy (non-hydrogen) atoms. The molecule has 4 heteroatoms. The maximum Gasteiger partial charge on any atom is 0.128 e. The van der Waals surface area contributed by atoms with Crippen molar-refractivity contribution in [3.63, 3.8) is 0 Å². The van der Waals surface area contributed by atoms with E-state index in [1.807, 2.05) is 12.1 Å². The van der Waals surface area contributed by atoms with Crippen molar-refractivity contribution >= 4 is 15.9 Å². The van der Waals surface area contributed by atoms with Gasteiger partial charge in [-0.3, -0.25) is 0 Å². The van der Waals surface area contributed by atoms with Gasteiger partial charge in [0.25, 0.3) is 0 Å². The topological polar surface area (TPSA) is 15.3 Å². The van der Waals surface area contributed by atoms with E-state index in [0.717, 1.165) is 11.0 Å². The highest BCUT2D eigenvalue weighted by molar-refractivity contribution is 9.10. The normalized spacial score (nSPS) is 13.3. The van der Waals surface area contributed by atoms with Gasteiger partial charge in [-0.15, -0.1) is 0 Å². The molecule has 0 saturated heterocycles. The van der Waals surface area contributed by atoms with Gasteiger partial charge in [0.1, 0.15) is 5.82 Å². The molecule has 0 aliphatic carbocycles. The van der Waals surface area contributed by atoms with Crippen molar-refractivity contribution in [1.82, 2.24) is 10.2 Å². The molecule has 0 aromatic heterocycles. The van der Waals surface area contributed by atoms with E-state index < -0.39 is 0 Å². The summed E-state index contributed by atoms with van der Waals surface area (Å²) in [6.45, 7) is 5.83. The lowest BCUT2D eigenvalue weighted by atomic mass is 10.0. The molecule has 0 radical (unpaired) electrons. The molecule has 0 aliphatic rings. The minimum absolute atomic E-state index is 0.164. The molecule has 0 spiro atoms. The Morgan fingerprint density at radius 1 is 1.33 bits per heavy atom. The second-order valence-electron chi connectivity index (χ2n) is 5.14. The van der Waals surface area contributed by atoms with Crippen LogP contribution in [0.25, 0.3) is 0 Å². The van der Waals surface area contributed by atoms with E-state index >= 15 is 0 Å². The number of benzene rings is 1. The maximum atomic E-state index is 13.6. The van der Waals surface area contributed by atoms with Crippen molar-refractivity contribution < 1.29 is 4.39 Å². The predicted molar refractivity (Wildman–Crippen MR) is 78.1 cm³/mol. The van der Waals surface area contributed by atoms with Crippen LogP contribution in [0.4, 0.5) is 4.39 Å². The second kappa shape index (κ2) is 7.22. The first-order valence-corrected chi connectivity index (χ1v) is 7.02.